The number of benzene rings is 2. The Bertz CT molecular complexity index is 792. The standard InChI is InChI=1S/C25H33N.C2H6/c1-6-22-9-7-19(3)23(16-22)15-21(5)25-17-24(10-8-20(25)4)26-13-11-18(2)12-14-26;1-2/h7-10,15-18H,6,11-14H2,1-5H3;1-2H3/b21-15+;. The molecule has 0 aromatic heterocycles. The van der Waals surface area contributed by atoms with Gasteiger partial charge >= 0.3 is 0 Å². The molecule has 28 heavy (non-hydrogen) atoms. The van der Waals surface area contributed by atoms with Gasteiger partial charge in [-0.1, -0.05) is 58.0 Å². The lowest BCUT2D eigenvalue weighted by Crippen LogP contribution is -2.32. The average Bonchev–Trinajstić information content (AvgIpc) is 2.72. The summed E-state index contributed by atoms with van der Waals surface area (Å²) >= 11 is 0. The van der Waals surface area contributed by atoms with Crippen molar-refractivity contribution < 1.29 is 0 Å². The number of hydrogen-bond acceptors (Lipinski definition) is 1. The van der Waals surface area contributed by atoms with Gasteiger partial charge in [0, 0.05) is 18.8 Å². The lowest BCUT2D eigenvalue weighted by Gasteiger charge is -2.32. The zero-order chi connectivity index (χ0) is 20.7. The van der Waals surface area contributed by atoms with Crippen LogP contribution in [-0.2, 0) is 6.42 Å². The summed E-state index contributed by atoms with van der Waals surface area (Å²) in [6.07, 6.45) is 6.06. The molecule has 1 aliphatic rings. The maximum absolute atomic E-state index is 2.55. The Morgan fingerprint density at radius 3 is 2.29 bits per heavy atom. The molecular weight excluding hydrogens is 338 g/mol. The highest BCUT2D eigenvalue weighted by Gasteiger charge is 2.17. The molecule has 3 rings (SSSR count). The number of aryl methyl sites for hydroxylation is 3. The number of nitrogens with zero attached hydrogens (tertiary/aromatic N) is 1. The van der Waals surface area contributed by atoms with Gasteiger partial charge in [-0.05, 0) is 91.5 Å². The Morgan fingerprint density at radius 2 is 1.64 bits per heavy atom. The van der Waals surface area contributed by atoms with E-state index in [9.17, 15) is 0 Å². The summed E-state index contributed by atoms with van der Waals surface area (Å²) in [6.45, 7) is 17.6. The Morgan fingerprint density at radius 1 is 1.00 bits per heavy atom. The van der Waals surface area contributed by atoms with Crippen LogP contribution in [0.15, 0.2) is 36.4 Å². The second-order valence-electron chi connectivity index (χ2n) is 8.04. The van der Waals surface area contributed by atoms with Gasteiger partial charge in [0.1, 0.15) is 0 Å². The fraction of sp³-hybridized carbons (Fsp3) is 0.481. The molecule has 152 valence electrons. The van der Waals surface area contributed by atoms with Gasteiger partial charge in [0.2, 0.25) is 0 Å². The summed E-state index contributed by atoms with van der Waals surface area (Å²) < 4.78 is 0. The molecule has 0 N–H and O–H groups in total. The van der Waals surface area contributed by atoms with E-state index in [0.717, 1.165) is 12.3 Å². The topological polar surface area (TPSA) is 3.24 Å². The monoisotopic (exact) mass is 377 g/mol. The van der Waals surface area contributed by atoms with Crippen LogP contribution in [0, 0.1) is 19.8 Å². The van der Waals surface area contributed by atoms with Gasteiger partial charge < -0.3 is 4.90 Å². The zero-order valence-corrected chi connectivity index (χ0v) is 19.1. The fourth-order valence-electron chi connectivity index (χ4n) is 3.87. The minimum absolute atomic E-state index is 0.867. The van der Waals surface area contributed by atoms with E-state index in [-0.39, 0.29) is 0 Å². The quantitative estimate of drug-likeness (QED) is 0.494. The van der Waals surface area contributed by atoms with Gasteiger partial charge in [-0.2, -0.15) is 0 Å². The van der Waals surface area contributed by atoms with Crippen molar-refractivity contribution in [3.8, 4) is 0 Å². The molecule has 0 aliphatic carbocycles. The van der Waals surface area contributed by atoms with Crippen LogP contribution in [0.3, 0.4) is 0 Å². The van der Waals surface area contributed by atoms with Gasteiger partial charge in [-0.15, -0.1) is 0 Å². The molecule has 0 amide bonds. The molecule has 1 saturated heterocycles. The van der Waals surface area contributed by atoms with E-state index in [0.29, 0.717) is 0 Å². The summed E-state index contributed by atoms with van der Waals surface area (Å²) in [4.78, 5) is 2.55. The summed E-state index contributed by atoms with van der Waals surface area (Å²) in [5.74, 6) is 0.867. The first kappa shape index (κ1) is 22.3. The average molecular weight is 378 g/mol. The predicted octanol–water partition coefficient (Wildman–Crippen LogP) is 7.69. The molecule has 0 saturated carbocycles. The minimum Gasteiger partial charge on any atom is -0.371 e. The Hall–Kier alpha value is -2.02. The predicted molar refractivity (Wildman–Crippen MR) is 127 cm³/mol. The number of piperidine rings is 1. The summed E-state index contributed by atoms with van der Waals surface area (Å²) in [7, 11) is 0. The van der Waals surface area contributed by atoms with E-state index in [1.54, 1.807) is 0 Å². The molecule has 1 fully saturated rings. The van der Waals surface area contributed by atoms with Crippen LogP contribution in [0.1, 0.15) is 75.3 Å². The summed E-state index contributed by atoms with van der Waals surface area (Å²) in [5, 5.41) is 0. The van der Waals surface area contributed by atoms with Crippen LogP contribution in [0.25, 0.3) is 11.6 Å². The Labute approximate surface area is 173 Å². The first-order chi connectivity index (χ1) is 13.5. The van der Waals surface area contributed by atoms with Gasteiger partial charge in [-0.3, -0.25) is 0 Å². The van der Waals surface area contributed by atoms with E-state index < -0.39 is 0 Å². The van der Waals surface area contributed by atoms with Gasteiger partial charge in [-0.25, -0.2) is 0 Å². The second kappa shape index (κ2) is 10.5. The summed E-state index contributed by atoms with van der Waals surface area (Å²) in [5.41, 5.74) is 9.57. The Balaban J connectivity index is 0.00000136. The van der Waals surface area contributed by atoms with Crippen molar-refractivity contribution in [2.75, 3.05) is 18.0 Å². The smallest absolute Gasteiger partial charge is 0.0372 e. The molecule has 1 nitrogen and oxygen atoms in total. The van der Waals surface area contributed by atoms with Crippen LogP contribution in [0.2, 0.25) is 0 Å². The largest absolute Gasteiger partial charge is 0.371 e. The lowest BCUT2D eigenvalue weighted by molar-refractivity contribution is 0.438. The third kappa shape index (κ3) is 5.50. The van der Waals surface area contributed by atoms with Crippen molar-refractivity contribution in [2.24, 2.45) is 5.92 Å². The van der Waals surface area contributed by atoms with E-state index in [4.69, 9.17) is 0 Å². The van der Waals surface area contributed by atoms with Crippen LogP contribution >= 0.6 is 0 Å². The van der Waals surface area contributed by atoms with Crippen LogP contribution in [0.4, 0.5) is 5.69 Å². The molecule has 1 heteroatoms. The molecule has 0 spiro atoms. The van der Waals surface area contributed by atoms with Crippen molar-refractivity contribution in [3.63, 3.8) is 0 Å². The number of hydrogen-bond donors (Lipinski definition) is 0. The van der Waals surface area contributed by atoms with Crippen LogP contribution in [0.5, 0.6) is 0 Å². The zero-order valence-electron chi connectivity index (χ0n) is 19.1. The minimum atomic E-state index is 0.867. The molecule has 0 unspecified atom stereocenters. The maximum atomic E-state index is 2.55. The molecule has 2 aromatic rings. The van der Waals surface area contributed by atoms with Crippen LogP contribution < -0.4 is 4.90 Å². The normalized spacial score (nSPS) is 15.2. The van der Waals surface area contributed by atoms with Gasteiger partial charge in [0.25, 0.3) is 0 Å². The molecular formula is C27H39N. The van der Waals surface area contributed by atoms with E-state index in [1.807, 2.05) is 13.8 Å². The van der Waals surface area contributed by atoms with Crippen molar-refractivity contribution in [1.82, 2.24) is 0 Å². The number of allylic oxidation sites excluding steroid dienone is 1. The third-order valence-corrected chi connectivity index (χ3v) is 5.92. The molecule has 0 radical (unpaired) electrons. The van der Waals surface area contributed by atoms with Crippen molar-refractivity contribution in [3.05, 3.63) is 64.2 Å². The van der Waals surface area contributed by atoms with E-state index in [1.165, 1.54) is 65.0 Å². The molecule has 0 atom stereocenters. The number of rotatable bonds is 4. The van der Waals surface area contributed by atoms with Crippen molar-refractivity contribution in [2.45, 2.75) is 67.7 Å². The molecule has 1 aliphatic heterocycles. The van der Waals surface area contributed by atoms with Crippen molar-refractivity contribution >= 4 is 17.3 Å². The number of anilines is 1. The third-order valence-electron chi connectivity index (χ3n) is 5.92. The van der Waals surface area contributed by atoms with Gasteiger partial charge in [0.05, 0.1) is 0 Å². The van der Waals surface area contributed by atoms with Gasteiger partial charge in [0.15, 0.2) is 0 Å². The first-order valence-corrected chi connectivity index (χ1v) is 11.1. The lowest BCUT2D eigenvalue weighted by atomic mass is 9.95. The SMILES string of the molecule is CC.CCc1ccc(C)c(/C=C(\C)c2cc(N3CCC(C)CC3)ccc2C)c1. The van der Waals surface area contributed by atoms with E-state index in [2.05, 4.69) is 82.0 Å². The highest BCUT2D eigenvalue weighted by atomic mass is 15.1. The van der Waals surface area contributed by atoms with Crippen LogP contribution in [-0.4, -0.2) is 13.1 Å². The molecule has 1 heterocycles. The highest BCUT2D eigenvalue weighted by molar-refractivity contribution is 5.83. The summed E-state index contributed by atoms with van der Waals surface area (Å²) in [6, 6.07) is 13.8. The Kier molecular flexibility index (Phi) is 8.35. The van der Waals surface area contributed by atoms with Crippen molar-refractivity contribution in [1.29, 1.82) is 0 Å². The first-order valence-electron chi connectivity index (χ1n) is 11.1. The molecule has 2 aromatic carbocycles. The highest BCUT2D eigenvalue weighted by Crippen LogP contribution is 2.29. The fourth-order valence-corrected chi connectivity index (χ4v) is 3.87. The second-order valence-corrected chi connectivity index (χ2v) is 8.04. The van der Waals surface area contributed by atoms with E-state index >= 15 is 0 Å². The molecule has 0 bridgehead atoms. The maximum Gasteiger partial charge on any atom is 0.0372 e.